The van der Waals surface area contributed by atoms with Gasteiger partial charge in [0.2, 0.25) is 11.8 Å². The van der Waals surface area contributed by atoms with Gasteiger partial charge < -0.3 is 10.6 Å². The van der Waals surface area contributed by atoms with E-state index in [1.54, 1.807) is 24.3 Å². The second kappa shape index (κ2) is 9.85. The Morgan fingerprint density at radius 3 is 2.45 bits per heavy atom. The molecule has 0 aliphatic carbocycles. The van der Waals surface area contributed by atoms with E-state index in [2.05, 4.69) is 21.6 Å². The Kier molecular flexibility index (Phi) is 6.99. The first kappa shape index (κ1) is 20.6. The van der Waals surface area contributed by atoms with Gasteiger partial charge in [-0.1, -0.05) is 42.5 Å². The average Bonchev–Trinajstić information content (AvgIpc) is 2.78. The van der Waals surface area contributed by atoms with E-state index in [9.17, 15) is 9.59 Å². The number of nitriles is 1. The predicted molar refractivity (Wildman–Crippen MR) is 112 cm³/mol. The molecule has 6 heteroatoms. The number of piperidine rings is 1. The molecule has 1 heterocycles. The van der Waals surface area contributed by atoms with Gasteiger partial charge >= 0.3 is 0 Å². The zero-order chi connectivity index (χ0) is 20.6. The van der Waals surface area contributed by atoms with Crippen LogP contribution in [0.15, 0.2) is 54.6 Å². The van der Waals surface area contributed by atoms with Crippen molar-refractivity contribution in [3.8, 4) is 6.07 Å². The smallest absolute Gasteiger partial charge is 0.241 e. The summed E-state index contributed by atoms with van der Waals surface area (Å²) < 4.78 is 0. The number of hydrogen-bond acceptors (Lipinski definition) is 4. The Hall–Kier alpha value is -3.17. The third-order valence-corrected chi connectivity index (χ3v) is 5.44. The highest BCUT2D eigenvalue weighted by molar-refractivity contribution is 5.95. The van der Waals surface area contributed by atoms with E-state index >= 15 is 0 Å². The van der Waals surface area contributed by atoms with Crippen LogP contribution in [-0.4, -0.2) is 35.8 Å². The number of hydrogen-bond donors (Lipinski definition) is 2. The van der Waals surface area contributed by atoms with Gasteiger partial charge in [-0.05, 0) is 50.6 Å². The summed E-state index contributed by atoms with van der Waals surface area (Å²) in [6.45, 7) is 3.78. The van der Waals surface area contributed by atoms with Crippen LogP contribution in [0.25, 0.3) is 0 Å². The summed E-state index contributed by atoms with van der Waals surface area (Å²) in [6, 6.07) is 18.6. The van der Waals surface area contributed by atoms with Gasteiger partial charge in [0.15, 0.2) is 0 Å². The molecule has 2 amide bonds. The predicted octanol–water partition coefficient (Wildman–Crippen LogP) is 2.91. The summed E-state index contributed by atoms with van der Waals surface area (Å²) in [6.07, 6.45) is 1.46. The van der Waals surface area contributed by atoms with Crippen LogP contribution >= 0.6 is 0 Å². The molecule has 1 aliphatic heterocycles. The second-order valence-corrected chi connectivity index (χ2v) is 7.34. The maximum Gasteiger partial charge on any atom is 0.241 e. The van der Waals surface area contributed by atoms with E-state index < -0.39 is 0 Å². The molecule has 6 nitrogen and oxygen atoms in total. The number of para-hydroxylation sites is 1. The number of likely N-dealkylation sites (tertiary alicyclic amines) is 1. The molecule has 0 saturated carbocycles. The number of amides is 2. The Morgan fingerprint density at radius 2 is 1.76 bits per heavy atom. The minimum Gasteiger partial charge on any atom is -0.352 e. The van der Waals surface area contributed by atoms with Crippen LogP contribution < -0.4 is 10.6 Å². The normalized spacial score (nSPS) is 15.9. The first-order valence-electron chi connectivity index (χ1n) is 9.94. The molecule has 2 aromatic carbocycles. The molecular weight excluding hydrogens is 364 g/mol. The van der Waals surface area contributed by atoms with Crippen molar-refractivity contribution in [2.24, 2.45) is 5.92 Å². The van der Waals surface area contributed by atoms with E-state index in [0.29, 0.717) is 30.9 Å². The van der Waals surface area contributed by atoms with Gasteiger partial charge in [-0.15, -0.1) is 0 Å². The molecule has 1 saturated heterocycles. The fourth-order valence-electron chi connectivity index (χ4n) is 3.57. The van der Waals surface area contributed by atoms with Crippen molar-refractivity contribution in [1.29, 1.82) is 5.26 Å². The number of nitrogens with one attached hydrogen (secondary N) is 2. The molecular formula is C23H26N4O2. The van der Waals surface area contributed by atoms with Gasteiger partial charge in [-0.3, -0.25) is 14.5 Å². The SMILES string of the molecule is C[C@@H](C(=O)Nc1ccccc1C#N)N1CCC(C(=O)NCc2ccccc2)CC1. The maximum absolute atomic E-state index is 12.6. The summed E-state index contributed by atoms with van der Waals surface area (Å²) in [5.41, 5.74) is 2.06. The van der Waals surface area contributed by atoms with E-state index in [-0.39, 0.29) is 23.8 Å². The molecule has 29 heavy (non-hydrogen) atoms. The minimum atomic E-state index is -0.324. The second-order valence-electron chi connectivity index (χ2n) is 7.34. The molecule has 0 radical (unpaired) electrons. The van der Waals surface area contributed by atoms with E-state index in [1.165, 1.54) is 0 Å². The lowest BCUT2D eigenvalue weighted by Gasteiger charge is -2.34. The van der Waals surface area contributed by atoms with Crippen molar-refractivity contribution in [3.05, 3.63) is 65.7 Å². The number of anilines is 1. The Balaban J connectivity index is 1.47. The highest BCUT2D eigenvalue weighted by atomic mass is 16.2. The summed E-state index contributed by atoms with van der Waals surface area (Å²) in [5.74, 6) is -0.0854. The first-order valence-corrected chi connectivity index (χ1v) is 9.94. The molecule has 2 N–H and O–H groups in total. The lowest BCUT2D eigenvalue weighted by molar-refractivity contribution is -0.127. The molecule has 2 aromatic rings. The maximum atomic E-state index is 12.6. The van der Waals surface area contributed by atoms with E-state index in [4.69, 9.17) is 5.26 Å². The summed E-state index contributed by atoms with van der Waals surface area (Å²) in [4.78, 5) is 27.2. The van der Waals surface area contributed by atoms with E-state index in [1.807, 2.05) is 37.3 Å². The molecule has 0 spiro atoms. The monoisotopic (exact) mass is 390 g/mol. The molecule has 3 rings (SSSR count). The standard InChI is InChI=1S/C23H26N4O2/c1-17(22(28)26-21-10-6-5-9-20(21)15-24)27-13-11-19(12-14-27)23(29)25-16-18-7-3-2-4-8-18/h2-10,17,19H,11-14,16H2,1H3,(H,25,29)(H,26,28)/t17-/m0/s1. The average molecular weight is 390 g/mol. The van der Waals surface area contributed by atoms with Crippen LogP contribution in [0, 0.1) is 17.2 Å². The third-order valence-electron chi connectivity index (χ3n) is 5.44. The number of carbonyl (C=O) groups is 2. The fourth-order valence-corrected chi connectivity index (χ4v) is 3.57. The number of nitrogens with zero attached hydrogens (tertiary/aromatic N) is 2. The van der Waals surface area contributed by atoms with Crippen molar-refractivity contribution < 1.29 is 9.59 Å². The van der Waals surface area contributed by atoms with Gasteiger partial charge in [0.05, 0.1) is 17.3 Å². The summed E-state index contributed by atoms with van der Waals surface area (Å²) in [5, 5.41) is 15.0. The molecule has 0 unspecified atom stereocenters. The molecule has 1 atom stereocenters. The third kappa shape index (κ3) is 5.43. The number of benzene rings is 2. The highest BCUT2D eigenvalue weighted by Gasteiger charge is 2.29. The zero-order valence-electron chi connectivity index (χ0n) is 16.6. The molecule has 0 bridgehead atoms. The highest BCUT2D eigenvalue weighted by Crippen LogP contribution is 2.21. The van der Waals surface area contributed by atoms with Gasteiger partial charge in [-0.25, -0.2) is 0 Å². The Morgan fingerprint density at radius 1 is 1.10 bits per heavy atom. The number of rotatable bonds is 6. The summed E-state index contributed by atoms with van der Waals surface area (Å²) >= 11 is 0. The number of carbonyl (C=O) groups excluding carboxylic acids is 2. The Bertz CT molecular complexity index is 883. The first-order chi connectivity index (χ1) is 14.1. The zero-order valence-corrected chi connectivity index (χ0v) is 16.6. The van der Waals surface area contributed by atoms with Crippen molar-refractivity contribution >= 4 is 17.5 Å². The molecule has 0 aromatic heterocycles. The van der Waals surface area contributed by atoms with Crippen LogP contribution in [0.3, 0.4) is 0 Å². The quantitative estimate of drug-likeness (QED) is 0.794. The van der Waals surface area contributed by atoms with Crippen molar-refractivity contribution in [3.63, 3.8) is 0 Å². The van der Waals surface area contributed by atoms with Crippen LogP contribution in [0.1, 0.15) is 30.9 Å². The van der Waals surface area contributed by atoms with Gasteiger partial charge in [0, 0.05) is 12.5 Å². The largest absolute Gasteiger partial charge is 0.352 e. The lowest BCUT2D eigenvalue weighted by atomic mass is 9.94. The molecule has 1 fully saturated rings. The molecule has 150 valence electrons. The van der Waals surface area contributed by atoms with Gasteiger partial charge in [0.25, 0.3) is 0 Å². The Labute approximate surface area is 171 Å². The lowest BCUT2D eigenvalue weighted by Crippen LogP contribution is -2.48. The fraction of sp³-hybridized carbons (Fsp3) is 0.348. The summed E-state index contributed by atoms with van der Waals surface area (Å²) in [7, 11) is 0. The van der Waals surface area contributed by atoms with Crippen LogP contribution in [0.4, 0.5) is 5.69 Å². The van der Waals surface area contributed by atoms with Gasteiger partial charge in [0.1, 0.15) is 6.07 Å². The molecule has 1 aliphatic rings. The minimum absolute atomic E-state index is 0.0236. The van der Waals surface area contributed by atoms with Crippen LogP contribution in [0.2, 0.25) is 0 Å². The van der Waals surface area contributed by atoms with Crippen molar-refractivity contribution in [2.75, 3.05) is 18.4 Å². The van der Waals surface area contributed by atoms with Crippen LogP contribution in [-0.2, 0) is 16.1 Å². The van der Waals surface area contributed by atoms with E-state index in [0.717, 1.165) is 18.4 Å². The van der Waals surface area contributed by atoms with Crippen LogP contribution in [0.5, 0.6) is 0 Å². The van der Waals surface area contributed by atoms with Gasteiger partial charge in [-0.2, -0.15) is 5.26 Å². The van der Waals surface area contributed by atoms with Crippen molar-refractivity contribution in [1.82, 2.24) is 10.2 Å². The van der Waals surface area contributed by atoms with Crippen molar-refractivity contribution in [2.45, 2.75) is 32.4 Å². The topological polar surface area (TPSA) is 85.2 Å².